The highest BCUT2D eigenvalue weighted by atomic mass is 35.5. The Bertz CT molecular complexity index is 297. The van der Waals surface area contributed by atoms with Crippen LogP contribution in [0.15, 0.2) is 12.1 Å². The molecule has 0 aliphatic rings. The topological polar surface area (TPSA) is 26.0 Å². The van der Waals surface area contributed by atoms with Gasteiger partial charge in [-0.3, -0.25) is 0 Å². The first-order chi connectivity index (χ1) is 6.56. The zero-order valence-electron chi connectivity index (χ0n) is 9.10. The van der Waals surface area contributed by atoms with Crippen LogP contribution in [0.3, 0.4) is 0 Å². The molecule has 0 spiro atoms. The summed E-state index contributed by atoms with van der Waals surface area (Å²) < 4.78 is 0. The first-order valence-electron chi connectivity index (χ1n) is 5.03. The maximum Gasteiger partial charge on any atom is 0.0464 e. The molecular formula is C12H18ClN. The van der Waals surface area contributed by atoms with Gasteiger partial charge in [0.25, 0.3) is 0 Å². The molecule has 1 rings (SSSR count). The molecule has 0 heterocycles. The summed E-state index contributed by atoms with van der Waals surface area (Å²) in [5, 5.41) is 0.883. The monoisotopic (exact) mass is 211 g/mol. The molecule has 1 atom stereocenters. The molecule has 1 nitrogen and oxygen atoms in total. The Balaban J connectivity index is 3.00. The summed E-state index contributed by atoms with van der Waals surface area (Å²) in [6.45, 7) is 7.04. The maximum atomic E-state index is 6.11. The van der Waals surface area contributed by atoms with Crippen LogP contribution in [0.25, 0.3) is 0 Å². The fourth-order valence-electron chi connectivity index (χ4n) is 1.68. The minimum Gasteiger partial charge on any atom is -0.330 e. The molecule has 0 radical (unpaired) electrons. The van der Waals surface area contributed by atoms with Crippen molar-refractivity contribution in [2.45, 2.75) is 33.1 Å². The van der Waals surface area contributed by atoms with E-state index < -0.39 is 0 Å². The fourth-order valence-corrected chi connectivity index (χ4v) is 1.79. The molecule has 1 unspecified atom stereocenters. The summed E-state index contributed by atoms with van der Waals surface area (Å²) in [4.78, 5) is 0. The maximum absolute atomic E-state index is 6.11. The van der Waals surface area contributed by atoms with E-state index in [0.717, 1.165) is 29.1 Å². The number of halogens is 1. The van der Waals surface area contributed by atoms with Gasteiger partial charge in [-0.1, -0.05) is 30.7 Å². The van der Waals surface area contributed by atoms with Crippen molar-refractivity contribution in [2.24, 2.45) is 5.73 Å². The van der Waals surface area contributed by atoms with E-state index >= 15 is 0 Å². The van der Waals surface area contributed by atoms with Gasteiger partial charge in [0.2, 0.25) is 0 Å². The average Bonchev–Trinajstić information content (AvgIpc) is 2.13. The molecule has 0 aliphatic carbocycles. The third kappa shape index (κ3) is 2.49. The quantitative estimate of drug-likeness (QED) is 0.815. The first-order valence-corrected chi connectivity index (χ1v) is 5.40. The molecule has 1 aromatic rings. The molecule has 14 heavy (non-hydrogen) atoms. The Morgan fingerprint density at radius 3 is 2.21 bits per heavy atom. The van der Waals surface area contributed by atoms with E-state index in [1.807, 2.05) is 13.8 Å². The highest BCUT2D eigenvalue weighted by Crippen LogP contribution is 2.27. The molecule has 2 heteroatoms. The summed E-state index contributed by atoms with van der Waals surface area (Å²) in [5.74, 6) is 0.523. The molecule has 0 bridgehead atoms. The Morgan fingerprint density at radius 2 is 1.79 bits per heavy atom. The summed E-state index contributed by atoms with van der Waals surface area (Å²) in [6, 6.07) is 4.32. The first kappa shape index (κ1) is 11.5. The lowest BCUT2D eigenvalue weighted by Gasteiger charge is -2.13. The summed E-state index contributed by atoms with van der Waals surface area (Å²) in [5.41, 5.74) is 9.20. The highest BCUT2D eigenvalue weighted by molar-refractivity contribution is 6.32. The number of nitrogens with two attached hydrogens (primary N) is 1. The van der Waals surface area contributed by atoms with Gasteiger partial charge in [0.1, 0.15) is 0 Å². The van der Waals surface area contributed by atoms with Crippen molar-refractivity contribution in [3.05, 3.63) is 33.8 Å². The number of rotatable bonds is 3. The summed E-state index contributed by atoms with van der Waals surface area (Å²) in [7, 11) is 0. The minimum atomic E-state index is 0.523. The predicted molar refractivity (Wildman–Crippen MR) is 63.0 cm³/mol. The van der Waals surface area contributed by atoms with E-state index in [4.69, 9.17) is 17.3 Å². The normalized spacial score (nSPS) is 12.9. The van der Waals surface area contributed by atoms with Gasteiger partial charge >= 0.3 is 0 Å². The van der Waals surface area contributed by atoms with E-state index in [-0.39, 0.29) is 0 Å². The SMILES string of the molecule is Cc1cc(C(C)CCN)cc(C)c1Cl. The van der Waals surface area contributed by atoms with Gasteiger partial charge in [-0.25, -0.2) is 0 Å². The molecule has 1 aromatic carbocycles. The van der Waals surface area contributed by atoms with Gasteiger partial charge in [0.15, 0.2) is 0 Å². The molecule has 78 valence electrons. The standard InChI is InChI=1S/C12H18ClN/c1-8(4-5-14)11-6-9(2)12(13)10(3)7-11/h6-8H,4-5,14H2,1-3H3. The van der Waals surface area contributed by atoms with Crippen molar-refractivity contribution in [3.8, 4) is 0 Å². The van der Waals surface area contributed by atoms with E-state index in [0.29, 0.717) is 5.92 Å². The minimum absolute atomic E-state index is 0.523. The van der Waals surface area contributed by atoms with Crippen LogP contribution in [0.5, 0.6) is 0 Å². The summed E-state index contributed by atoms with van der Waals surface area (Å²) >= 11 is 6.11. The zero-order valence-corrected chi connectivity index (χ0v) is 9.86. The Labute approximate surface area is 91.3 Å². The predicted octanol–water partition coefficient (Wildman–Crippen LogP) is 3.41. The van der Waals surface area contributed by atoms with Crippen molar-refractivity contribution in [3.63, 3.8) is 0 Å². The smallest absolute Gasteiger partial charge is 0.0464 e. The molecule has 0 saturated heterocycles. The van der Waals surface area contributed by atoms with Crippen molar-refractivity contribution in [1.82, 2.24) is 0 Å². The third-order valence-electron chi connectivity index (χ3n) is 2.63. The van der Waals surface area contributed by atoms with E-state index in [2.05, 4.69) is 19.1 Å². The van der Waals surface area contributed by atoms with Crippen molar-refractivity contribution in [1.29, 1.82) is 0 Å². The number of benzene rings is 1. The molecule has 0 fully saturated rings. The van der Waals surface area contributed by atoms with Gasteiger partial charge in [-0.05, 0) is 49.4 Å². The van der Waals surface area contributed by atoms with Gasteiger partial charge in [-0.2, -0.15) is 0 Å². The Morgan fingerprint density at radius 1 is 1.29 bits per heavy atom. The number of hydrogen-bond acceptors (Lipinski definition) is 1. The van der Waals surface area contributed by atoms with Crippen molar-refractivity contribution >= 4 is 11.6 Å². The van der Waals surface area contributed by atoms with E-state index in [9.17, 15) is 0 Å². The van der Waals surface area contributed by atoms with Crippen LogP contribution in [-0.2, 0) is 0 Å². The van der Waals surface area contributed by atoms with Crippen LogP contribution in [0.4, 0.5) is 0 Å². The zero-order chi connectivity index (χ0) is 10.7. The second-order valence-electron chi connectivity index (χ2n) is 3.95. The van der Waals surface area contributed by atoms with Crippen LogP contribution in [-0.4, -0.2) is 6.54 Å². The molecular weight excluding hydrogens is 194 g/mol. The number of aryl methyl sites for hydroxylation is 2. The van der Waals surface area contributed by atoms with Crippen LogP contribution in [0.1, 0.15) is 36.0 Å². The Hall–Kier alpha value is -0.530. The lowest BCUT2D eigenvalue weighted by molar-refractivity contribution is 0.689. The second-order valence-corrected chi connectivity index (χ2v) is 4.33. The van der Waals surface area contributed by atoms with E-state index in [1.54, 1.807) is 0 Å². The van der Waals surface area contributed by atoms with Gasteiger partial charge in [0, 0.05) is 5.02 Å². The average molecular weight is 212 g/mol. The van der Waals surface area contributed by atoms with E-state index in [1.165, 1.54) is 5.56 Å². The van der Waals surface area contributed by atoms with Gasteiger partial charge in [-0.15, -0.1) is 0 Å². The lowest BCUT2D eigenvalue weighted by atomic mass is 9.94. The highest BCUT2D eigenvalue weighted by Gasteiger charge is 2.08. The van der Waals surface area contributed by atoms with Crippen molar-refractivity contribution < 1.29 is 0 Å². The Kier molecular flexibility index (Phi) is 3.97. The molecule has 2 N–H and O–H groups in total. The largest absolute Gasteiger partial charge is 0.330 e. The van der Waals surface area contributed by atoms with Crippen LogP contribution >= 0.6 is 11.6 Å². The van der Waals surface area contributed by atoms with Gasteiger partial charge in [0.05, 0.1) is 0 Å². The molecule has 0 aromatic heterocycles. The number of hydrogen-bond donors (Lipinski definition) is 1. The van der Waals surface area contributed by atoms with Crippen molar-refractivity contribution in [2.75, 3.05) is 6.54 Å². The van der Waals surface area contributed by atoms with Crippen LogP contribution in [0, 0.1) is 13.8 Å². The molecule has 0 aliphatic heterocycles. The fraction of sp³-hybridized carbons (Fsp3) is 0.500. The molecule has 0 amide bonds. The lowest BCUT2D eigenvalue weighted by Crippen LogP contribution is -2.05. The second kappa shape index (κ2) is 4.81. The molecule has 0 saturated carbocycles. The van der Waals surface area contributed by atoms with Crippen LogP contribution < -0.4 is 5.73 Å². The third-order valence-corrected chi connectivity index (χ3v) is 3.22. The van der Waals surface area contributed by atoms with Crippen LogP contribution in [0.2, 0.25) is 5.02 Å². The summed E-state index contributed by atoms with van der Waals surface area (Å²) in [6.07, 6.45) is 1.03. The van der Waals surface area contributed by atoms with Gasteiger partial charge < -0.3 is 5.73 Å².